The Morgan fingerprint density at radius 1 is 1.50 bits per heavy atom. The van der Waals surface area contributed by atoms with E-state index in [2.05, 4.69) is 26.3 Å². The molecule has 1 fully saturated rings. The molecule has 3 heterocycles. The summed E-state index contributed by atoms with van der Waals surface area (Å²) in [4.78, 5) is 10.5. The topological polar surface area (TPSA) is 119 Å². The van der Waals surface area contributed by atoms with Crippen molar-refractivity contribution in [3.63, 3.8) is 0 Å². The molecule has 4 atom stereocenters. The second-order valence-electron chi connectivity index (χ2n) is 4.73. The summed E-state index contributed by atoms with van der Waals surface area (Å²) >= 11 is 11.9. The minimum Gasteiger partial charge on any atom is -0.394 e. The molecule has 1 saturated heterocycles. The third-order valence-corrected chi connectivity index (χ3v) is 4.05. The molecule has 2 aromatic rings. The van der Waals surface area contributed by atoms with Gasteiger partial charge in [0.05, 0.1) is 19.1 Å². The van der Waals surface area contributed by atoms with Crippen molar-refractivity contribution in [3.8, 4) is 11.3 Å². The van der Waals surface area contributed by atoms with Gasteiger partial charge < -0.3 is 20.7 Å². The molecule has 1 aliphatic rings. The number of aromatic nitrogens is 4. The number of rotatable bonds is 2. The summed E-state index contributed by atoms with van der Waals surface area (Å²) in [5.41, 5.74) is 6.42. The van der Waals surface area contributed by atoms with Crippen LogP contribution in [0.1, 0.15) is 6.23 Å². The van der Waals surface area contributed by atoms with E-state index in [-0.39, 0.29) is 5.95 Å². The smallest absolute Gasteiger partial charge is 0.222 e. The lowest BCUT2D eigenvalue weighted by molar-refractivity contribution is -0.0436. The zero-order chi connectivity index (χ0) is 15.9. The Bertz CT molecular complexity index is 773. The molecule has 8 nitrogen and oxygen atoms in total. The predicted octanol–water partition coefficient (Wildman–Crippen LogP) is -0.164. The molecule has 1 unspecified atom stereocenters. The van der Waals surface area contributed by atoms with E-state index in [9.17, 15) is 10.2 Å². The normalized spacial score (nSPS) is 31.2. The second-order valence-corrected chi connectivity index (χ2v) is 5.55. The fraction of sp³-hybridized carbons (Fsp3) is 0.417. The molecule has 0 aromatic carbocycles. The van der Waals surface area contributed by atoms with E-state index >= 15 is 0 Å². The van der Waals surface area contributed by atoms with Crippen LogP contribution in [0.4, 0.5) is 5.95 Å². The molecule has 3 rings (SSSR count). The number of alkyl halides is 1. The van der Waals surface area contributed by atoms with E-state index in [0.29, 0.717) is 11.2 Å². The lowest BCUT2D eigenvalue weighted by Crippen LogP contribution is -2.41. The number of hydrogen-bond donors (Lipinski definition) is 3. The highest BCUT2D eigenvalue weighted by Gasteiger charge is 2.56. The summed E-state index contributed by atoms with van der Waals surface area (Å²) in [6.07, 6.45) is -0.273. The first-order valence-corrected chi connectivity index (χ1v) is 6.98. The molecule has 0 bridgehead atoms. The van der Waals surface area contributed by atoms with Gasteiger partial charge in [0.1, 0.15) is 17.7 Å². The number of ether oxygens (including phenoxy) is 1. The minimum atomic E-state index is -1.57. The van der Waals surface area contributed by atoms with E-state index in [1.54, 1.807) is 0 Å². The summed E-state index contributed by atoms with van der Waals surface area (Å²) in [6.45, 7) is -0.431. The van der Waals surface area contributed by atoms with Crippen molar-refractivity contribution in [3.05, 3.63) is 12.5 Å². The quantitative estimate of drug-likeness (QED) is 0.511. The largest absolute Gasteiger partial charge is 0.394 e. The number of imidazole rings is 1. The van der Waals surface area contributed by atoms with E-state index < -0.39 is 29.9 Å². The van der Waals surface area contributed by atoms with Gasteiger partial charge in [-0.2, -0.15) is 4.98 Å². The molecule has 22 heavy (non-hydrogen) atoms. The number of nitrogens with two attached hydrogens (primary N) is 1. The number of fused-ring (bicyclic) bond motifs is 1. The van der Waals surface area contributed by atoms with Crippen LogP contribution in [0, 0.1) is 11.3 Å². The first kappa shape index (κ1) is 15.3. The Morgan fingerprint density at radius 3 is 2.95 bits per heavy atom. The fourth-order valence-corrected chi connectivity index (χ4v) is 2.94. The lowest BCUT2D eigenvalue weighted by Gasteiger charge is -2.25. The van der Waals surface area contributed by atoms with Gasteiger partial charge in [0.15, 0.2) is 16.7 Å². The molecule has 4 N–H and O–H groups in total. The van der Waals surface area contributed by atoms with Crippen LogP contribution in [-0.2, 0) is 4.74 Å². The fourth-order valence-electron chi connectivity index (χ4n) is 2.39. The maximum absolute atomic E-state index is 10.3. The summed E-state index contributed by atoms with van der Waals surface area (Å²) in [7, 11) is 0. The average molecular weight is 344 g/mol. The predicted molar refractivity (Wildman–Crippen MR) is 79.0 cm³/mol. The van der Waals surface area contributed by atoms with Crippen molar-refractivity contribution in [1.82, 2.24) is 19.5 Å². The lowest BCUT2D eigenvalue weighted by atomic mass is 9.99. The molecule has 0 radical (unpaired) electrons. The number of halogens is 2. The monoisotopic (exact) mass is 343 g/mol. The molecule has 10 heteroatoms. The van der Waals surface area contributed by atoms with Gasteiger partial charge >= 0.3 is 0 Å². The van der Waals surface area contributed by atoms with E-state index in [1.165, 1.54) is 17.1 Å². The molecule has 0 aliphatic carbocycles. The zero-order valence-electron chi connectivity index (χ0n) is 11.0. The van der Waals surface area contributed by atoms with Crippen LogP contribution in [0.25, 0.3) is 11.2 Å². The SMILES string of the molecule is Nc1ncc2ncn([C@@H]3O[C@H](CO)C(O)[C@]3(Cl)C#CCl)c2n1. The Labute approximate surface area is 134 Å². The van der Waals surface area contributed by atoms with Crippen LogP contribution >= 0.6 is 23.2 Å². The van der Waals surface area contributed by atoms with Crippen molar-refractivity contribution in [1.29, 1.82) is 0 Å². The molecule has 0 saturated carbocycles. The van der Waals surface area contributed by atoms with Crippen molar-refractivity contribution in [2.75, 3.05) is 12.3 Å². The van der Waals surface area contributed by atoms with E-state index in [0.717, 1.165) is 0 Å². The maximum atomic E-state index is 10.3. The standard InChI is InChI=1S/C12H11Cl2N5O3/c13-2-1-12(14)8(21)7(4-20)22-10(12)19-5-17-6-3-16-11(15)18-9(6)19/h3,5,7-8,10,20-21H,4H2,(H2,15,16,18)/t7-,8?,10-,12-/m1/s1. The number of aliphatic hydroxyl groups is 2. The highest BCUT2D eigenvalue weighted by Crippen LogP contribution is 2.44. The Kier molecular flexibility index (Phi) is 3.84. The summed E-state index contributed by atoms with van der Waals surface area (Å²) < 4.78 is 7.08. The third kappa shape index (κ3) is 2.18. The molecule has 2 aromatic heterocycles. The van der Waals surface area contributed by atoms with Crippen LogP contribution in [0.3, 0.4) is 0 Å². The summed E-state index contributed by atoms with van der Waals surface area (Å²) in [6, 6.07) is 0. The molecular weight excluding hydrogens is 333 g/mol. The van der Waals surface area contributed by atoms with Crippen molar-refractivity contribution >= 4 is 40.3 Å². The zero-order valence-corrected chi connectivity index (χ0v) is 12.5. The van der Waals surface area contributed by atoms with Gasteiger partial charge in [0.25, 0.3) is 0 Å². The van der Waals surface area contributed by atoms with Gasteiger partial charge in [0.2, 0.25) is 5.95 Å². The number of hydrogen-bond acceptors (Lipinski definition) is 7. The van der Waals surface area contributed by atoms with Crippen LogP contribution in [0.2, 0.25) is 0 Å². The number of nitrogens with zero attached hydrogens (tertiary/aromatic N) is 4. The van der Waals surface area contributed by atoms with Gasteiger partial charge in [-0.3, -0.25) is 4.57 Å². The first-order valence-electron chi connectivity index (χ1n) is 6.22. The average Bonchev–Trinajstić information content (AvgIpc) is 3.00. The maximum Gasteiger partial charge on any atom is 0.222 e. The Balaban J connectivity index is 2.14. The van der Waals surface area contributed by atoms with Crippen LogP contribution in [0.5, 0.6) is 0 Å². The second kappa shape index (κ2) is 5.53. The van der Waals surface area contributed by atoms with Gasteiger partial charge in [-0.05, 0) is 11.6 Å². The first-order chi connectivity index (χ1) is 10.5. The highest BCUT2D eigenvalue weighted by molar-refractivity contribution is 6.32. The van der Waals surface area contributed by atoms with Crippen molar-refractivity contribution < 1.29 is 14.9 Å². The molecular formula is C12H11Cl2N5O3. The number of nitrogen functional groups attached to an aromatic ring is 1. The molecule has 0 spiro atoms. The number of anilines is 1. The highest BCUT2D eigenvalue weighted by atomic mass is 35.5. The molecule has 116 valence electrons. The van der Waals surface area contributed by atoms with Crippen molar-refractivity contribution in [2.24, 2.45) is 0 Å². The van der Waals surface area contributed by atoms with Gasteiger partial charge in [-0.25, -0.2) is 9.97 Å². The third-order valence-electron chi connectivity index (χ3n) is 3.45. The molecule has 1 aliphatic heterocycles. The molecule has 0 amide bonds. The van der Waals surface area contributed by atoms with Crippen LogP contribution in [-0.4, -0.2) is 53.4 Å². The van der Waals surface area contributed by atoms with Crippen LogP contribution < -0.4 is 5.73 Å². The van der Waals surface area contributed by atoms with Crippen LogP contribution in [0.15, 0.2) is 12.5 Å². The summed E-state index contributed by atoms with van der Waals surface area (Å²) in [5, 5.41) is 21.7. The Morgan fingerprint density at radius 2 is 2.27 bits per heavy atom. The number of aliphatic hydroxyl groups excluding tert-OH is 2. The van der Waals surface area contributed by atoms with E-state index in [1.807, 2.05) is 0 Å². The van der Waals surface area contributed by atoms with Gasteiger partial charge in [-0.1, -0.05) is 17.5 Å². The van der Waals surface area contributed by atoms with Gasteiger partial charge in [0, 0.05) is 5.38 Å². The van der Waals surface area contributed by atoms with Crippen molar-refractivity contribution in [2.45, 2.75) is 23.3 Å². The van der Waals surface area contributed by atoms with E-state index in [4.69, 9.17) is 33.7 Å². The summed E-state index contributed by atoms with van der Waals surface area (Å²) in [5.74, 6) is 2.58. The van der Waals surface area contributed by atoms with Gasteiger partial charge in [-0.15, -0.1) is 0 Å². The minimum absolute atomic E-state index is 0.0510. The Hall–Kier alpha value is -1.63.